The fourth-order valence-corrected chi connectivity index (χ4v) is 3.98. The zero-order chi connectivity index (χ0) is 20.2. The van der Waals surface area contributed by atoms with Crippen molar-refractivity contribution in [2.75, 3.05) is 30.1 Å². The lowest BCUT2D eigenvalue weighted by Gasteiger charge is -2.28. The molecule has 0 fully saturated rings. The van der Waals surface area contributed by atoms with Crippen LogP contribution in [-0.2, 0) is 14.8 Å². The number of benzene rings is 2. The molecule has 0 heterocycles. The van der Waals surface area contributed by atoms with Crippen LogP contribution in [0.15, 0.2) is 42.5 Å². The van der Waals surface area contributed by atoms with E-state index in [2.05, 4.69) is 5.32 Å². The number of anilines is 2. The van der Waals surface area contributed by atoms with E-state index in [1.807, 2.05) is 0 Å². The van der Waals surface area contributed by atoms with Gasteiger partial charge in [-0.15, -0.1) is 0 Å². The lowest BCUT2D eigenvalue weighted by atomic mass is 10.2. The average Bonchev–Trinajstić information content (AvgIpc) is 2.62. The van der Waals surface area contributed by atoms with Gasteiger partial charge in [0.25, 0.3) is 0 Å². The second kappa shape index (κ2) is 8.49. The molecule has 0 spiro atoms. The number of carbonyl (C=O) groups excluding carboxylic acids is 1. The molecular formula is C18H21ClN2O5S. The van der Waals surface area contributed by atoms with E-state index in [4.69, 9.17) is 21.1 Å². The van der Waals surface area contributed by atoms with Crippen molar-refractivity contribution >= 4 is 38.9 Å². The molecular weight excluding hydrogens is 392 g/mol. The van der Waals surface area contributed by atoms with E-state index in [9.17, 15) is 13.2 Å². The van der Waals surface area contributed by atoms with Crippen molar-refractivity contribution in [3.63, 3.8) is 0 Å². The van der Waals surface area contributed by atoms with E-state index in [-0.39, 0.29) is 0 Å². The van der Waals surface area contributed by atoms with E-state index >= 15 is 0 Å². The van der Waals surface area contributed by atoms with Gasteiger partial charge in [-0.05, 0) is 19.1 Å². The van der Waals surface area contributed by atoms with E-state index in [0.29, 0.717) is 27.9 Å². The zero-order valence-corrected chi connectivity index (χ0v) is 17.0. The Balaban J connectivity index is 2.36. The standard InChI is InChI=1S/C18H21ClN2O5S/c1-12(21(27(4,23)24)13-8-6-5-7-9-13)18(22)20-15-11-16(25-2)14(19)10-17(15)26-3/h5-12H,1-4H3,(H,20,22)/t12-/m0/s1. The number of nitrogens with zero attached hydrogens (tertiary/aromatic N) is 1. The summed E-state index contributed by atoms with van der Waals surface area (Å²) in [5, 5.41) is 3.00. The summed E-state index contributed by atoms with van der Waals surface area (Å²) < 4.78 is 36.0. The lowest BCUT2D eigenvalue weighted by Crippen LogP contribution is -2.45. The third kappa shape index (κ3) is 4.84. The van der Waals surface area contributed by atoms with Gasteiger partial charge in [0.15, 0.2) is 0 Å². The summed E-state index contributed by atoms with van der Waals surface area (Å²) in [5.41, 5.74) is 0.709. The van der Waals surface area contributed by atoms with Crippen molar-refractivity contribution in [3.8, 4) is 11.5 Å². The highest BCUT2D eigenvalue weighted by Crippen LogP contribution is 2.36. The Kier molecular flexibility index (Phi) is 6.56. The number of halogens is 1. The topological polar surface area (TPSA) is 84.9 Å². The van der Waals surface area contributed by atoms with Crippen molar-refractivity contribution in [1.29, 1.82) is 0 Å². The largest absolute Gasteiger partial charge is 0.495 e. The molecule has 0 aromatic heterocycles. The maximum atomic E-state index is 12.8. The van der Waals surface area contributed by atoms with Crippen molar-refractivity contribution in [2.24, 2.45) is 0 Å². The third-order valence-corrected chi connectivity index (χ3v) is 5.37. The Labute approximate surface area is 163 Å². The van der Waals surface area contributed by atoms with Gasteiger partial charge in [-0.3, -0.25) is 9.10 Å². The summed E-state index contributed by atoms with van der Waals surface area (Å²) in [5.74, 6) is 0.141. The second-order valence-electron chi connectivity index (χ2n) is 5.75. The van der Waals surface area contributed by atoms with Gasteiger partial charge in [0.2, 0.25) is 15.9 Å². The number of ether oxygens (including phenoxy) is 2. The molecule has 2 aromatic carbocycles. The Morgan fingerprint density at radius 1 is 1.11 bits per heavy atom. The first kappa shape index (κ1) is 20.9. The first-order valence-electron chi connectivity index (χ1n) is 7.96. The molecule has 0 saturated carbocycles. The van der Waals surface area contributed by atoms with Gasteiger partial charge in [0, 0.05) is 12.1 Å². The van der Waals surface area contributed by atoms with Gasteiger partial charge in [-0.25, -0.2) is 8.42 Å². The highest BCUT2D eigenvalue weighted by molar-refractivity contribution is 7.92. The lowest BCUT2D eigenvalue weighted by molar-refractivity contribution is -0.116. The summed E-state index contributed by atoms with van der Waals surface area (Å²) in [6.45, 7) is 1.50. The number of rotatable bonds is 7. The predicted octanol–water partition coefficient (Wildman–Crippen LogP) is 3.15. The summed E-state index contributed by atoms with van der Waals surface area (Å²) in [4.78, 5) is 12.8. The minimum Gasteiger partial charge on any atom is -0.495 e. The van der Waals surface area contributed by atoms with Crippen LogP contribution in [-0.4, -0.2) is 40.8 Å². The number of nitrogens with one attached hydrogen (secondary N) is 1. The maximum absolute atomic E-state index is 12.8. The molecule has 2 aromatic rings. The summed E-state index contributed by atoms with van der Waals surface area (Å²) >= 11 is 6.06. The number of methoxy groups -OCH3 is 2. The average molecular weight is 413 g/mol. The predicted molar refractivity (Wildman–Crippen MR) is 106 cm³/mol. The van der Waals surface area contributed by atoms with Gasteiger partial charge < -0.3 is 14.8 Å². The Morgan fingerprint density at radius 3 is 2.22 bits per heavy atom. The van der Waals surface area contributed by atoms with E-state index in [1.165, 1.54) is 33.3 Å². The second-order valence-corrected chi connectivity index (χ2v) is 8.01. The van der Waals surface area contributed by atoms with Gasteiger partial charge in [-0.2, -0.15) is 0 Å². The van der Waals surface area contributed by atoms with Crippen LogP contribution in [0.5, 0.6) is 11.5 Å². The van der Waals surface area contributed by atoms with Gasteiger partial charge in [0.1, 0.15) is 17.5 Å². The summed E-state index contributed by atoms with van der Waals surface area (Å²) in [6, 6.07) is 10.4. The summed E-state index contributed by atoms with van der Waals surface area (Å²) in [6.07, 6.45) is 1.05. The fraction of sp³-hybridized carbons (Fsp3) is 0.278. The number of carbonyl (C=O) groups is 1. The molecule has 0 aliphatic heterocycles. The molecule has 0 aliphatic rings. The molecule has 0 bridgehead atoms. The molecule has 0 aliphatic carbocycles. The molecule has 1 N–H and O–H groups in total. The van der Waals surface area contributed by atoms with E-state index < -0.39 is 22.0 Å². The normalized spacial score (nSPS) is 12.2. The van der Waals surface area contributed by atoms with Crippen LogP contribution in [0, 0.1) is 0 Å². The molecule has 1 amide bonds. The van der Waals surface area contributed by atoms with Gasteiger partial charge in [0.05, 0.1) is 36.9 Å². The quantitative estimate of drug-likeness (QED) is 0.755. The molecule has 27 heavy (non-hydrogen) atoms. The Hall–Kier alpha value is -2.45. The molecule has 0 saturated heterocycles. The minimum atomic E-state index is -3.69. The van der Waals surface area contributed by atoms with Crippen LogP contribution in [0.2, 0.25) is 5.02 Å². The van der Waals surface area contributed by atoms with Crippen LogP contribution in [0.4, 0.5) is 11.4 Å². The third-order valence-electron chi connectivity index (χ3n) is 3.83. The van der Waals surface area contributed by atoms with Crippen molar-refractivity contribution in [3.05, 3.63) is 47.5 Å². The smallest absolute Gasteiger partial charge is 0.248 e. The number of hydrogen-bond donors (Lipinski definition) is 1. The van der Waals surface area contributed by atoms with Crippen LogP contribution in [0.3, 0.4) is 0 Å². The van der Waals surface area contributed by atoms with Crippen molar-refractivity contribution in [2.45, 2.75) is 13.0 Å². The SMILES string of the molecule is COc1cc(NC(=O)[C@H](C)N(c2ccccc2)S(C)(=O)=O)c(OC)cc1Cl. The maximum Gasteiger partial charge on any atom is 0.248 e. The highest BCUT2D eigenvalue weighted by atomic mass is 35.5. The molecule has 7 nitrogen and oxygen atoms in total. The van der Waals surface area contributed by atoms with Crippen molar-refractivity contribution < 1.29 is 22.7 Å². The number of amides is 1. The van der Waals surface area contributed by atoms with Gasteiger partial charge in [-0.1, -0.05) is 29.8 Å². The Bertz CT molecular complexity index is 919. The number of sulfonamides is 1. The summed E-state index contributed by atoms with van der Waals surface area (Å²) in [7, 11) is -0.813. The van der Waals surface area contributed by atoms with Crippen molar-refractivity contribution in [1.82, 2.24) is 0 Å². The van der Waals surface area contributed by atoms with Crippen LogP contribution >= 0.6 is 11.6 Å². The molecule has 2 rings (SSSR count). The highest BCUT2D eigenvalue weighted by Gasteiger charge is 2.29. The monoisotopic (exact) mass is 412 g/mol. The van der Waals surface area contributed by atoms with E-state index in [0.717, 1.165) is 10.6 Å². The number of hydrogen-bond acceptors (Lipinski definition) is 5. The van der Waals surface area contributed by atoms with Crippen LogP contribution in [0.25, 0.3) is 0 Å². The van der Waals surface area contributed by atoms with Gasteiger partial charge >= 0.3 is 0 Å². The molecule has 9 heteroatoms. The first-order valence-corrected chi connectivity index (χ1v) is 10.2. The van der Waals surface area contributed by atoms with Crippen LogP contribution in [0.1, 0.15) is 6.92 Å². The van der Waals surface area contributed by atoms with Crippen LogP contribution < -0.4 is 19.1 Å². The molecule has 1 atom stereocenters. The fourth-order valence-electron chi connectivity index (χ4n) is 2.58. The number of para-hydroxylation sites is 1. The molecule has 0 unspecified atom stereocenters. The minimum absolute atomic E-state index is 0.317. The molecule has 0 radical (unpaired) electrons. The zero-order valence-electron chi connectivity index (χ0n) is 15.4. The van der Waals surface area contributed by atoms with E-state index in [1.54, 1.807) is 30.3 Å². The Morgan fingerprint density at radius 2 is 1.70 bits per heavy atom. The first-order chi connectivity index (χ1) is 12.7. The molecule has 146 valence electrons.